The van der Waals surface area contributed by atoms with Gasteiger partial charge in [0.05, 0.1) is 0 Å². The fourth-order valence-corrected chi connectivity index (χ4v) is 0. The van der Waals surface area contributed by atoms with Crippen LogP contribution in [0.15, 0.2) is 5.34 Å². The maximum atomic E-state index is 8.00. The van der Waals surface area contributed by atoms with Gasteiger partial charge in [0, 0.05) is 27.3 Å². The second-order valence-electron chi connectivity index (χ2n) is 0.0745. The minimum Gasteiger partial charge on any atom is -0.444 e. The van der Waals surface area contributed by atoms with Crippen LogP contribution in [0, 0.1) is 10.1 Å². The first-order valence-electron chi connectivity index (χ1n) is 0.365. The first kappa shape index (κ1) is 8.85. The molecule has 0 aromatic rings. The molecule has 0 N–H and O–H groups in total. The van der Waals surface area contributed by atoms with Crippen LogP contribution in [0.5, 0.6) is 0 Å². The van der Waals surface area contributed by atoms with Crippen LogP contribution in [0.2, 0.25) is 0 Å². The van der Waals surface area contributed by atoms with Gasteiger partial charge >= 0.3 is 0 Å². The summed E-state index contributed by atoms with van der Waals surface area (Å²) in [6.07, 6.45) is 0. The number of hydrogen-bond donors (Lipinski definition) is 0. The molecular formula is NO2Tl-. The van der Waals surface area contributed by atoms with Gasteiger partial charge in [0.25, 0.3) is 0 Å². The molecule has 1 radical (unpaired) electrons. The largest absolute Gasteiger partial charge is 0.444 e. The summed E-state index contributed by atoms with van der Waals surface area (Å²) in [5.74, 6) is 0. The second-order valence-corrected chi connectivity index (χ2v) is 0.0745. The van der Waals surface area contributed by atoms with E-state index in [9.17, 15) is 0 Å². The smallest absolute Gasteiger partial charge is 0 e. The van der Waals surface area contributed by atoms with Crippen LogP contribution in [0.1, 0.15) is 0 Å². The molecule has 0 aromatic heterocycles. The molecule has 3 nitrogen and oxygen atoms in total. The maximum absolute atomic E-state index is 8.00. The second kappa shape index (κ2) is 10.2. The Morgan fingerprint density at radius 2 is 1.75 bits per heavy atom. The fourth-order valence-electron chi connectivity index (χ4n) is 0. The first-order chi connectivity index (χ1) is 1.41. The Balaban J connectivity index is 0. The Kier molecular flexibility index (Phi) is 22.7. The minimum atomic E-state index is 0. The van der Waals surface area contributed by atoms with E-state index in [1.165, 1.54) is 0 Å². The van der Waals surface area contributed by atoms with Crippen molar-refractivity contribution in [2.24, 2.45) is 5.34 Å². The Morgan fingerprint density at radius 3 is 1.75 bits per heavy atom. The van der Waals surface area contributed by atoms with Crippen molar-refractivity contribution in [1.29, 1.82) is 0 Å². The van der Waals surface area contributed by atoms with Crippen molar-refractivity contribution in [1.82, 2.24) is 0 Å². The Bertz CT molecular complexity index is 13.5. The van der Waals surface area contributed by atoms with Crippen LogP contribution in [-0.2, 0) is 0 Å². The third-order valence-electron chi connectivity index (χ3n) is 0. The standard InChI is InChI=1S/HNO2.Tl/c2-1-3;/h(H,2,3);/p-1. The van der Waals surface area contributed by atoms with E-state index in [2.05, 4.69) is 0 Å². The summed E-state index contributed by atoms with van der Waals surface area (Å²) >= 11 is 0. The number of rotatable bonds is 0. The van der Waals surface area contributed by atoms with Gasteiger partial charge in [-0.15, -0.1) is 5.34 Å². The minimum absolute atomic E-state index is 0. The molecule has 4 heteroatoms. The predicted molar refractivity (Wildman–Crippen MR) is 14.9 cm³/mol. The van der Waals surface area contributed by atoms with E-state index in [1.54, 1.807) is 0 Å². The Labute approximate surface area is 43.1 Å². The summed E-state index contributed by atoms with van der Waals surface area (Å²) < 4.78 is 0. The Hall–Kier alpha value is 0.322. The molecule has 0 spiro atoms. The summed E-state index contributed by atoms with van der Waals surface area (Å²) in [5, 5.41) is 9.00. The normalized spacial score (nSPS) is 3.00. The Morgan fingerprint density at radius 1 is 1.75 bits per heavy atom. The van der Waals surface area contributed by atoms with Crippen molar-refractivity contribution < 1.29 is 0 Å². The molecule has 0 unspecified atom stereocenters. The predicted octanol–water partition coefficient (Wildman–Crippen LogP) is -0.130. The van der Waals surface area contributed by atoms with Crippen LogP contribution in [0.3, 0.4) is 0 Å². The average molecular weight is 250 g/mol. The van der Waals surface area contributed by atoms with Crippen molar-refractivity contribution in [3.05, 3.63) is 10.1 Å². The van der Waals surface area contributed by atoms with Gasteiger partial charge in [-0.25, -0.2) is 0 Å². The number of nitrogens with zero attached hydrogens (tertiary/aromatic N) is 1. The summed E-state index contributed by atoms with van der Waals surface area (Å²) in [5.41, 5.74) is 0. The molecular weight excluding hydrogens is 250 g/mol. The van der Waals surface area contributed by atoms with Crippen LogP contribution < -0.4 is 0 Å². The van der Waals surface area contributed by atoms with E-state index >= 15 is 0 Å². The van der Waals surface area contributed by atoms with E-state index in [0.29, 0.717) is 0 Å². The number of hydrogen-bond acceptors (Lipinski definition) is 3. The van der Waals surface area contributed by atoms with Crippen LogP contribution in [0.4, 0.5) is 0 Å². The zero-order chi connectivity index (χ0) is 2.71. The van der Waals surface area contributed by atoms with Crippen LogP contribution in [0.25, 0.3) is 0 Å². The van der Waals surface area contributed by atoms with Gasteiger partial charge in [0.15, 0.2) is 0 Å². The van der Waals surface area contributed by atoms with E-state index in [0.717, 1.165) is 5.34 Å². The molecule has 4 heavy (non-hydrogen) atoms. The molecule has 0 aliphatic rings. The average Bonchev–Trinajstić information content (AvgIpc) is 0.918. The van der Waals surface area contributed by atoms with E-state index in [1.807, 2.05) is 0 Å². The van der Waals surface area contributed by atoms with E-state index in [-0.39, 0.29) is 27.3 Å². The molecule has 0 amide bonds. The molecule has 21 valence electrons. The molecule has 0 atom stereocenters. The van der Waals surface area contributed by atoms with E-state index in [4.69, 9.17) is 10.1 Å². The quantitative estimate of drug-likeness (QED) is 0.342. The fraction of sp³-hybridized carbons (Fsp3) is 0. The summed E-state index contributed by atoms with van der Waals surface area (Å²) in [6, 6.07) is 0. The zero-order valence-corrected chi connectivity index (χ0v) is 6.33. The monoisotopic (exact) mass is 251 g/mol. The molecule has 0 saturated carbocycles. The van der Waals surface area contributed by atoms with Gasteiger partial charge in [-0.1, -0.05) is 0 Å². The first-order valence-corrected chi connectivity index (χ1v) is 0.365. The third-order valence-corrected chi connectivity index (χ3v) is 0. The summed E-state index contributed by atoms with van der Waals surface area (Å²) in [4.78, 5) is 8.00. The molecule has 0 rings (SSSR count). The van der Waals surface area contributed by atoms with Crippen LogP contribution >= 0.6 is 0 Å². The van der Waals surface area contributed by atoms with Gasteiger partial charge in [0.2, 0.25) is 0 Å². The van der Waals surface area contributed by atoms with Gasteiger partial charge < -0.3 is 10.1 Å². The molecule has 0 aromatic carbocycles. The topological polar surface area (TPSA) is 52.5 Å². The molecule has 0 aliphatic heterocycles. The van der Waals surface area contributed by atoms with Crippen LogP contribution in [-0.4, -0.2) is 27.3 Å². The SMILES string of the molecule is O=N[O-].[Tl]. The summed E-state index contributed by atoms with van der Waals surface area (Å²) in [6.45, 7) is 0. The molecule has 0 bridgehead atoms. The van der Waals surface area contributed by atoms with Gasteiger partial charge in [0.1, 0.15) is 0 Å². The molecule has 0 heterocycles. The van der Waals surface area contributed by atoms with Crippen molar-refractivity contribution >= 4 is 27.3 Å². The third kappa shape index (κ3) is 39.1. The van der Waals surface area contributed by atoms with E-state index < -0.39 is 0 Å². The van der Waals surface area contributed by atoms with Crippen molar-refractivity contribution in [3.8, 4) is 0 Å². The van der Waals surface area contributed by atoms with Crippen molar-refractivity contribution in [2.45, 2.75) is 0 Å². The van der Waals surface area contributed by atoms with Gasteiger partial charge in [-0.05, 0) is 0 Å². The van der Waals surface area contributed by atoms with Crippen molar-refractivity contribution in [3.63, 3.8) is 0 Å². The van der Waals surface area contributed by atoms with Gasteiger partial charge in [-0.3, -0.25) is 0 Å². The summed E-state index contributed by atoms with van der Waals surface area (Å²) in [7, 11) is 0. The maximum Gasteiger partial charge on any atom is 0 e. The zero-order valence-electron chi connectivity index (χ0n) is 1.84. The van der Waals surface area contributed by atoms with Gasteiger partial charge in [-0.2, -0.15) is 0 Å². The molecule has 0 fully saturated rings. The molecule has 0 saturated heterocycles. The van der Waals surface area contributed by atoms with Crippen molar-refractivity contribution in [2.75, 3.05) is 0 Å². The molecule has 0 aliphatic carbocycles.